The van der Waals surface area contributed by atoms with Crippen molar-refractivity contribution in [1.29, 1.82) is 0 Å². The summed E-state index contributed by atoms with van der Waals surface area (Å²) >= 11 is 3.23. The smallest absolute Gasteiger partial charge is 0.233 e. The summed E-state index contributed by atoms with van der Waals surface area (Å²) in [4.78, 5) is 11.4. The fourth-order valence-electron chi connectivity index (χ4n) is 1.41. The summed E-state index contributed by atoms with van der Waals surface area (Å²) < 4.78 is 13.8. The minimum Gasteiger partial charge on any atom is -0.355 e. The van der Waals surface area contributed by atoms with Gasteiger partial charge in [0.25, 0.3) is 0 Å². The van der Waals surface area contributed by atoms with Crippen molar-refractivity contribution in [3.63, 3.8) is 0 Å². The summed E-state index contributed by atoms with van der Waals surface area (Å²) in [5, 5.41) is 5.79. The third-order valence-electron chi connectivity index (χ3n) is 2.24. The van der Waals surface area contributed by atoms with Crippen molar-refractivity contribution in [2.45, 2.75) is 20.4 Å². The van der Waals surface area contributed by atoms with Gasteiger partial charge < -0.3 is 10.6 Å². The maximum atomic E-state index is 13.1. The van der Waals surface area contributed by atoms with Gasteiger partial charge in [0.15, 0.2) is 0 Å². The topological polar surface area (TPSA) is 41.1 Å². The number of carbonyl (C=O) groups excluding carboxylic acids is 1. The fourth-order valence-corrected chi connectivity index (χ4v) is 1.93. The van der Waals surface area contributed by atoms with Gasteiger partial charge in [-0.25, -0.2) is 4.39 Å². The van der Waals surface area contributed by atoms with Gasteiger partial charge in [-0.15, -0.1) is 0 Å². The Balaban J connectivity index is 2.30. The molecule has 0 aromatic heterocycles. The average Bonchev–Trinajstić information content (AvgIpc) is 2.25. The maximum Gasteiger partial charge on any atom is 0.233 e. The van der Waals surface area contributed by atoms with Crippen LogP contribution in [0.1, 0.15) is 19.4 Å². The number of carbonyl (C=O) groups is 1. The molecule has 0 atom stereocenters. The molecule has 0 bridgehead atoms. The second-order valence-corrected chi connectivity index (χ2v) is 5.49. The van der Waals surface area contributed by atoms with Crippen molar-refractivity contribution in [2.24, 2.45) is 5.92 Å². The van der Waals surface area contributed by atoms with Gasteiger partial charge in [0.05, 0.1) is 6.54 Å². The van der Waals surface area contributed by atoms with Gasteiger partial charge in [0.2, 0.25) is 5.91 Å². The number of amides is 1. The standard InChI is InChI=1S/C13H18BrFN2O/c1-9(2)6-17-13(18)8-16-7-10-3-11(14)5-12(15)4-10/h3-5,9,16H,6-8H2,1-2H3,(H,17,18). The molecule has 2 N–H and O–H groups in total. The van der Waals surface area contributed by atoms with E-state index < -0.39 is 0 Å². The number of rotatable bonds is 6. The SMILES string of the molecule is CC(C)CNC(=O)CNCc1cc(F)cc(Br)c1. The van der Waals surface area contributed by atoms with E-state index in [0.29, 0.717) is 23.5 Å². The Labute approximate surface area is 115 Å². The Morgan fingerprint density at radius 2 is 2.11 bits per heavy atom. The summed E-state index contributed by atoms with van der Waals surface area (Å²) in [7, 11) is 0. The molecule has 0 unspecified atom stereocenters. The number of nitrogens with one attached hydrogen (secondary N) is 2. The van der Waals surface area contributed by atoms with Crippen LogP contribution in [-0.2, 0) is 11.3 Å². The van der Waals surface area contributed by atoms with Crippen molar-refractivity contribution in [3.8, 4) is 0 Å². The van der Waals surface area contributed by atoms with E-state index in [1.165, 1.54) is 12.1 Å². The lowest BCUT2D eigenvalue weighted by Gasteiger charge is -2.09. The van der Waals surface area contributed by atoms with Crippen LogP contribution in [0.15, 0.2) is 22.7 Å². The molecule has 5 heteroatoms. The number of benzene rings is 1. The van der Waals surface area contributed by atoms with Gasteiger partial charge >= 0.3 is 0 Å². The van der Waals surface area contributed by atoms with E-state index in [-0.39, 0.29) is 18.3 Å². The molecular formula is C13H18BrFN2O. The molecule has 1 aromatic carbocycles. The molecule has 0 radical (unpaired) electrons. The Morgan fingerprint density at radius 3 is 2.72 bits per heavy atom. The maximum absolute atomic E-state index is 13.1. The summed E-state index contributed by atoms with van der Waals surface area (Å²) in [5.74, 6) is 0.109. The zero-order valence-corrected chi connectivity index (χ0v) is 12.2. The van der Waals surface area contributed by atoms with Crippen molar-refractivity contribution in [2.75, 3.05) is 13.1 Å². The Morgan fingerprint density at radius 1 is 1.39 bits per heavy atom. The normalized spacial score (nSPS) is 10.7. The van der Waals surface area contributed by atoms with Gasteiger partial charge in [-0.05, 0) is 29.7 Å². The van der Waals surface area contributed by atoms with Crippen molar-refractivity contribution >= 4 is 21.8 Å². The summed E-state index contributed by atoms with van der Waals surface area (Å²) in [6, 6.07) is 4.67. The van der Waals surface area contributed by atoms with Crippen LogP contribution in [0.5, 0.6) is 0 Å². The van der Waals surface area contributed by atoms with E-state index in [2.05, 4.69) is 26.6 Å². The first kappa shape index (κ1) is 15.1. The molecular weight excluding hydrogens is 299 g/mol. The molecule has 1 amide bonds. The minimum absolute atomic E-state index is 0.0424. The predicted molar refractivity (Wildman–Crippen MR) is 73.7 cm³/mol. The first-order valence-corrected chi connectivity index (χ1v) is 6.69. The number of hydrogen-bond donors (Lipinski definition) is 2. The highest BCUT2D eigenvalue weighted by molar-refractivity contribution is 9.10. The van der Waals surface area contributed by atoms with Crippen molar-refractivity contribution in [1.82, 2.24) is 10.6 Å². The lowest BCUT2D eigenvalue weighted by molar-refractivity contribution is -0.120. The monoisotopic (exact) mass is 316 g/mol. The van der Waals surface area contributed by atoms with Crippen molar-refractivity contribution in [3.05, 3.63) is 34.1 Å². The number of hydrogen-bond acceptors (Lipinski definition) is 2. The van der Waals surface area contributed by atoms with Crippen LogP contribution in [0.3, 0.4) is 0 Å². The first-order valence-electron chi connectivity index (χ1n) is 5.89. The summed E-state index contributed by atoms with van der Waals surface area (Å²) in [6.07, 6.45) is 0. The Hall–Kier alpha value is -0.940. The third-order valence-corrected chi connectivity index (χ3v) is 2.70. The van der Waals surface area contributed by atoms with Gasteiger partial charge in [-0.1, -0.05) is 29.8 Å². The zero-order chi connectivity index (χ0) is 13.5. The second-order valence-electron chi connectivity index (χ2n) is 4.58. The molecule has 0 saturated carbocycles. The van der Waals surface area contributed by atoms with Crippen LogP contribution in [0, 0.1) is 11.7 Å². The third kappa shape index (κ3) is 6.12. The van der Waals surface area contributed by atoms with E-state index in [1.54, 1.807) is 0 Å². The van der Waals surface area contributed by atoms with E-state index in [0.717, 1.165) is 5.56 Å². The van der Waals surface area contributed by atoms with Gasteiger partial charge in [0, 0.05) is 17.6 Å². The Bertz CT molecular complexity index is 390. The molecule has 1 rings (SSSR count). The van der Waals surface area contributed by atoms with Gasteiger partial charge in [-0.2, -0.15) is 0 Å². The highest BCUT2D eigenvalue weighted by Gasteiger charge is 2.03. The molecule has 100 valence electrons. The van der Waals surface area contributed by atoms with Crippen LogP contribution in [0.4, 0.5) is 4.39 Å². The molecule has 0 heterocycles. The molecule has 3 nitrogen and oxygen atoms in total. The van der Waals surface area contributed by atoms with Crippen molar-refractivity contribution < 1.29 is 9.18 Å². The fraction of sp³-hybridized carbons (Fsp3) is 0.462. The Kier molecular flexibility index (Phi) is 6.29. The molecule has 0 spiro atoms. The van der Waals surface area contributed by atoms with E-state index >= 15 is 0 Å². The molecule has 0 aliphatic heterocycles. The molecule has 18 heavy (non-hydrogen) atoms. The van der Waals surface area contributed by atoms with Gasteiger partial charge in [-0.3, -0.25) is 4.79 Å². The molecule has 1 aromatic rings. The van der Waals surface area contributed by atoms with Crippen LogP contribution < -0.4 is 10.6 Å². The molecule has 0 aliphatic rings. The van der Waals surface area contributed by atoms with Crippen LogP contribution in [-0.4, -0.2) is 19.0 Å². The van der Waals surface area contributed by atoms with Crippen LogP contribution in [0.25, 0.3) is 0 Å². The largest absolute Gasteiger partial charge is 0.355 e. The van der Waals surface area contributed by atoms with E-state index in [4.69, 9.17) is 0 Å². The first-order chi connectivity index (χ1) is 8.47. The van der Waals surface area contributed by atoms with E-state index in [9.17, 15) is 9.18 Å². The summed E-state index contributed by atoms with van der Waals surface area (Å²) in [5.41, 5.74) is 0.804. The quantitative estimate of drug-likeness (QED) is 0.846. The highest BCUT2D eigenvalue weighted by Crippen LogP contribution is 2.14. The molecule has 0 aliphatic carbocycles. The molecule has 0 saturated heterocycles. The minimum atomic E-state index is -0.287. The van der Waals surface area contributed by atoms with Crippen LogP contribution >= 0.6 is 15.9 Å². The molecule has 0 fully saturated rings. The van der Waals surface area contributed by atoms with E-state index in [1.807, 2.05) is 19.9 Å². The second kappa shape index (κ2) is 7.48. The van der Waals surface area contributed by atoms with Crippen LogP contribution in [0.2, 0.25) is 0 Å². The highest BCUT2D eigenvalue weighted by atomic mass is 79.9. The lowest BCUT2D eigenvalue weighted by atomic mass is 10.2. The number of halogens is 2. The predicted octanol–water partition coefficient (Wildman–Crippen LogP) is 2.45. The zero-order valence-electron chi connectivity index (χ0n) is 10.6. The summed E-state index contributed by atoms with van der Waals surface area (Å²) in [6.45, 7) is 5.45. The lowest BCUT2D eigenvalue weighted by Crippen LogP contribution is -2.35. The average molecular weight is 317 g/mol. The van der Waals surface area contributed by atoms with Gasteiger partial charge in [0.1, 0.15) is 5.82 Å².